The molecule has 1 aromatic carbocycles. The van der Waals surface area contributed by atoms with Gasteiger partial charge in [0.1, 0.15) is 0 Å². The van der Waals surface area contributed by atoms with E-state index in [1.807, 2.05) is 0 Å². The van der Waals surface area contributed by atoms with Crippen molar-refractivity contribution in [1.82, 2.24) is 4.90 Å². The number of benzene rings is 1. The van der Waals surface area contributed by atoms with E-state index < -0.39 is 17.9 Å². The summed E-state index contributed by atoms with van der Waals surface area (Å²) in [6.07, 6.45) is 0.440. The summed E-state index contributed by atoms with van der Waals surface area (Å²) in [5.74, 6) is -1.93. The maximum absolute atomic E-state index is 12.3. The lowest BCUT2D eigenvalue weighted by molar-refractivity contribution is -0.141. The summed E-state index contributed by atoms with van der Waals surface area (Å²) in [6, 6.07) is 2.95. The summed E-state index contributed by atoms with van der Waals surface area (Å²) >= 11 is 3.29. The number of hydrogen-bond acceptors (Lipinski definition) is 4. The average Bonchev–Trinajstić information content (AvgIpc) is 3.00. The second kappa shape index (κ2) is 6.99. The maximum atomic E-state index is 12.3. The number of urea groups is 1. The highest BCUT2D eigenvalue weighted by atomic mass is 79.9. The predicted molar refractivity (Wildman–Crippen MR) is 86.6 cm³/mol. The van der Waals surface area contributed by atoms with Crippen LogP contribution in [0.3, 0.4) is 0 Å². The van der Waals surface area contributed by atoms with Crippen LogP contribution in [0, 0.1) is 12.8 Å². The predicted octanol–water partition coefficient (Wildman–Crippen LogP) is 2.48. The van der Waals surface area contributed by atoms with Crippen LogP contribution in [0.5, 0.6) is 0 Å². The summed E-state index contributed by atoms with van der Waals surface area (Å²) in [7, 11) is 1.29. The Balaban J connectivity index is 2.16. The molecule has 7 nitrogen and oxygen atoms in total. The minimum absolute atomic E-state index is 0.181. The molecule has 8 heteroatoms. The van der Waals surface area contributed by atoms with Crippen LogP contribution < -0.4 is 5.32 Å². The summed E-state index contributed by atoms with van der Waals surface area (Å²) in [5.41, 5.74) is 1.40. The molecule has 23 heavy (non-hydrogen) atoms. The summed E-state index contributed by atoms with van der Waals surface area (Å²) in [5, 5.41) is 11.7. The zero-order valence-corrected chi connectivity index (χ0v) is 14.3. The molecule has 0 spiro atoms. The Kier molecular flexibility index (Phi) is 5.25. The number of carbonyl (C=O) groups is 3. The molecule has 0 bridgehead atoms. The van der Waals surface area contributed by atoms with Crippen molar-refractivity contribution in [2.75, 3.05) is 25.5 Å². The molecule has 0 aliphatic carbocycles. The molecule has 1 heterocycles. The van der Waals surface area contributed by atoms with E-state index in [-0.39, 0.29) is 12.6 Å². The van der Waals surface area contributed by atoms with Gasteiger partial charge in [-0.15, -0.1) is 0 Å². The molecule has 124 valence electrons. The van der Waals surface area contributed by atoms with Crippen molar-refractivity contribution in [3.8, 4) is 0 Å². The number of carboxylic acid groups (broad SMARTS) is 1. The van der Waals surface area contributed by atoms with Gasteiger partial charge in [0.15, 0.2) is 0 Å². The van der Waals surface area contributed by atoms with Crippen molar-refractivity contribution in [2.24, 2.45) is 5.92 Å². The molecular formula is C15H17BrN2O5. The fourth-order valence-electron chi connectivity index (χ4n) is 2.51. The van der Waals surface area contributed by atoms with E-state index in [0.29, 0.717) is 34.3 Å². The first-order valence-electron chi connectivity index (χ1n) is 7.01. The number of anilines is 1. The van der Waals surface area contributed by atoms with Crippen LogP contribution in [-0.2, 0) is 9.53 Å². The zero-order chi connectivity index (χ0) is 17.1. The fourth-order valence-corrected chi connectivity index (χ4v) is 3.10. The minimum Gasteiger partial charge on any atom is -0.481 e. The molecule has 2 N–H and O–H groups in total. The number of ether oxygens (including phenoxy) is 1. The zero-order valence-electron chi connectivity index (χ0n) is 12.8. The molecule has 1 fully saturated rings. The van der Waals surface area contributed by atoms with Crippen molar-refractivity contribution >= 4 is 39.6 Å². The number of hydrogen-bond donors (Lipinski definition) is 2. The van der Waals surface area contributed by atoms with Gasteiger partial charge in [-0.05, 0) is 47.0 Å². The topological polar surface area (TPSA) is 95.9 Å². The van der Waals surface area contributed by atoms with Crippen LogP contribution in [0.4, 0.5) is 10.5 Å². The lowest BCUT2D eigenvalue weighted by Gasteiger charge is -2.19. The van der Waals surface area contributed by atoms with Gasteiger partial charge in [0.2, 0.25) is 0 Å². The first-order valence-corrected chi connectivity index (χ1v) is 7.80. The van der Waals surface area contributed by atoms with Crippen molar-refractivity contribution in [1.29, 1.82) is 0 Å². The number of amides is 2. The molecular weight excluding hydrogens is 368 g/mol. The van der Waals surface area contributed by atoms with Crippen molar-refractivity contribution in [3.63, 3.8) is 0 Å². The first kappa shape index (κ1) is 17.3. The minimum atomic E-state index is -0.895. The Morgan fingerprint density at radius 2 is 2.09 bits per heavy atom. The SMILES string of the molecule is COC(=O)c1c(Br)ccc(NC(=O)N2CCC(C(=O)O)C2)c1C. The molecule has 1 unspecified atom stereocenters. The van der Waals surface area contributed by atoms with Gasteiger partial charge in [-0.2, -0.15) is 0 Å². The third kappa shape index (κ3) is 3.64. The molecule has 0 radical (unpaired) electrons. The number of aliphatic carboxylic acids is 1. The molecule has 2 rings (SSSR count). The largest absolute Gasteiger partial charge is 0.481 e. The third-order valence-corrected chi connectivity index (χ3v) is 4.53. The number of likely N-dealkylation sites (tertiary alicyclic amines) is 1. The normalized spacial score (nSPS) is 17.0. The van der Waals surface area contributed by atoms with Crippen LogP contribution in [0.2, 0.25) is 0 Å². The molecule has 2 amide bonds. The van der Waals surface area contributed by atoms with Crippen molar-refractivity contribution < 1.29 is 24.2 Å². The van der Waals surface area contributed by atoms with E-state index in [4.69, 9.17) is 9.84 Å². The van der Waals surface area contributed by atoms with Gasteiger partial charge in [0, 0.05) is 23.2 Å². The van der Waals surface area contributed by atoms with Gasteiger partial charge in [-0.1, -0.05) is 0 Å². The van der Waals surface area contributed by atoms with Crippen LogP contribution in [0.15, 0.2) is 16.6 Å². The number of methoxy groups -OCH3 is 1. The van der Waals surface area contributed by atoms with E-state index in [1.54, 1.807) is 19.1 Å². The summed E-state index contributed by atoms with van der Waals surface area (Å²) < 4.78 is 5.32. The molecule has 1 atom stereocenters. The second-order valence-corrected chi connectivity index (χ2v) is 6.14. The Morgan fingerprint density at radius 1 is 1.39 bits per heavy atom. The second-order valence-electron chi connectivity index (χ2n) is 5.29. The molecule has 0 saturated carbocycles. The highest BCUT2D eigenvalue weighted by molar-refractivity contribution is 9.10. The summed E-state index contributed by atoms with van der Waals surface area (Å²) in [6.45, 7) is 2.28. The third-order valence-electron chi connectivity index (χ3n) is 3.87. The van der Waals surface area contributed by atoms with Gasteiger partial charge in [0.25, 0.3) is 0 Å². The quantitative estimate of drug-likeness (QED) is 0.780. The molecule has 0 aromatic heterocycles. The van der Waals surface area contributed by atoms with Gasteiger partial charge in [0.05, 0.1) is 18.6 Å². The smallest absolute Gasteiger partial charge is 0.339 e. The molecule has 1 aliphatic heterocycles. The van der Waals surface area contributed by atoms with E-state index in [9.17, 15) is 14.4 Å². The van der Waals surface area contributed by atoms with Crippen LogP contribution >= 0.6 is 15.9 Å². The highest BCUT2D eigenvalue weighted by Crippen LogP contribution is 2.28. The van der Waals surface area contributed by atoms with Crippen LogP contribution in [0.25, 0.3) is 0 Å². The number of halogens is 1. The van der Waals surface area contributed by atoms with Gasteiger partial charge in [-0.3, -0.25) is 4.79 Å². The average molecular weight is 385 g/mol. The van der Waals surface area contributed by atoms with Crippen LogP contribution in [-0.4, -0.2) is 48.2 Å². The van der Waals surface area contributed by atoms with E-state index in [2.05, 4.69) is 21.2 Å². The summed E-state index contributed by atoms with van der Waals surface area (Å²) in [4.78, 5) is 36.5. The monoisotopic (exact) mass is 384 g/mol. The van der Waals surface area contributed by atoms with Crippen molar-refractivity contribution in [3.05, 3.63) is 27.7 Å². The molecule has 1 aliphatic rings. The lowest BCUT2D eigenvalue weighted by atomic mass is 10.1. The number of esters is 1. The number of rotatable bonds is 3. The highest BCUT2D eigenvalue weighted by Gasteiger charge is 2.31. The van der Waals surface area contributed by atoms with E-state index in [0.717, 1.165) is 0 Å². The van der Waals surface area contributed by atoms with Crippen LogP contribution in [0.1, 0.15) is 22.3 Å². The van der Waals surface area contributed by atoms with Gasteiger partial charge >= 0.3 is 18.0 Å². The van der Waals surface area contributed by atoms with E-state index in [1.165, 1.54) is 12.0 Å². The fraction of sp³-hybridized carbons (Fsp3) is 0.400. The number of carbonyl (C=O) groups excluding carboxylic acids is 2. The number of carboxylic acids is 1. The molecule has 1 saturated heterocycles. The Morgan fingerprint density at radius 3 is 2.65 bits per heavy atom. The standard InChI is InChI=1S/C15H17BrN2O5/c1-8-11(4-3-10(16)12(8)14(21)23-2)17-15(22)18-6-5-9(7-18)13(19)20/h3-4,9H,5-7H2,1-2H3,(H,17,22)(H,19,20). The maximum Gasteiger partial charge on any atom is 0.339 e. The van der Waals surface area contributed by atoms with E-state index >= 15 is 0 Å². The van der Waals surface area contributed by atoms with Gasteiger partial charge in [-0.25, -0.2) is 9.59 Å². The Bertz CT molecular complexity index is 662. The number of nitrogens with zero attached hydrogens (tertiary/aromatic N) is 1. The van der Waals surface area contributed by atoms with Gasteiger partial charge < -0.3 is 20.1 Å². The van der Waals surface area contributed by atoms with Crippen molar-refractivity contribution in [2.45, 2.75) is 13.3 Å². The Labute approximate surface area is 141 Å². The Hall–Kier alpha value is -2.09. The first-order chi connectivity index (χ1) is 10.8. The lowest BCUT2D eigenvalue weighted by Crippen LogP contribution is -2.34. The number of nitrogens with one attached hydrogen (secondary N) is 1. The molecule has 1 aromatic rings.